The van der Waals surface area contributed by atoms with Crippen LogP contribution in [-0.2, 0) is 4.79 Å². The van der Waals surface area contributed by atoms with E-state index in [1.165, 1.54) is 6.08 Å². The number of carboxylic acids is 1. The fourth-order valence-electron chi connectivity index (χ4n) is 0.116. The highest BCUT2D eigenvalue weighted by Gasteiger charge is 2.03. The molecule has 0 radical (unpaired) electrons. The van der Waals surface area contributed by atoms with E-state index >= 15 is 0 Å². The van der Waals surface area contributed by atoms with Crippen LogP contribution in [0.1, 0.15) is 0 Å². The van der Waals surface area contributed by atoms with Gasteiger partial charge in [0, 0.05) is 11.1 Å². The molecule has 0 saturated heterocycles. The van der Waals surface area contributed by atoms with Crippen LogP contribution in [0.25, 0.3) is 0 Å². The standard InChI is InChI=1S/C5H5ClO2.C3H3N/c1-3(4(2)6)5(7)8;1-2-3-4/h1-2H2,(H,7,8);2H,1H2. The summed E-state index contributed by atoms with van der Waals surface area (Å²) in [5.74, 6) is -1.13. The van der Waals surface area contributed by atoms with Crippen LogP contribution in [-0.4, -0.2) is 11.1 Å². The molecule has 3 nitrogen and oxygen atoms in total. The lowest BCUT2D eigenvalue weighted by Gasteiger charge is -1.90. The van der Waals surface area contributed by atoms with Crippen LogP contribution in [0.15, 0.2) is 36.4 Å². The maximum Gasteiger partial charge on any atom is 0.336 e. The predicted octanol–water partition coefficient (Wildman–Crippen LogP) is 2.08. The monoisotopic (exact) mass is 185 g/mol. The van der Waals surface area contributed by atoms with Crippen LogP contribution in [0.5, 0.6) is 0 Å². The van der Waals surface area contributed by atoms with Gasteiger partial charge in [0.25, 0.3) is 0 Å². The largest absolute Gasteiger partial charge is 0.478 e. The molecule has 0 bridgehead atoms. The minimum Gasteiger partial charge on any atom is -0.478 e. The van der Waals surface area contributed by atoms with Crippen LogP contribution in [0.3, 0.4) is 0 Å². The zero-order chi connectivity index (χ0) is 10.1. The summed E-state index contributed by atoms with van der Waals surface area (Å²) in [6.45, 7) is 9.40. The summed E-state index contributed by atoms with van der Waals surface area (Å²) in [5.41, 5.74) is -0.160. The summed E-state index contributed by atoms with van der Waals surface area (Å²) in [6.07, 6.45) is 1.18. The topological polar surface area (TPSA) is 61.1 Å². The second-order valence-electron chi connectivity index (χ2n) is 1.52. The molecule has 0 aliphatic carbocycles. The highest BCUT2D eigenvalue weighted by Crippen LogP contribution is 2.08. The van der Waals surface area contributed by atoms with Crippen LogP contribution in [0, 0.1) is 11.3 Å². The van der Waals surface area contributed by atoms with Crippen molar-refractivity contribution in [1.82, 2.24) is 0 Å². The SMILES string of the molecule is C=C(Cl)C(=C)C(=O)O.C=CC#N. The van der Waals surface area contributed by atoms with Gasteiger partial charge in [-0.3, -0.25) is 0 Å². The smallest absolute Gasteiger partial charge is 0.336 e. The van der Waals surface area contributed by atoms with Crippen molar-refractivity contribution in [2.75, 3.05) is 0 Å². The van der Waals surface area contributed by atoms with Gasteiger partial charge < -0.3 is 5.11 Å². The van der Waals surface area contributed by atoms with Gasteiger partial charge in [-0.15, -0.1) is 0 Å². The van der Waals surface area contributed by atoms with E-state index in [4.69, 9.17) is 22.0 Å². The Morgan fingerprint density at radius 3 is 1.92 bits per heavy atom. The van der Waals surface area contributed by atoms with Crippen molar-refractivity contribution in [1.29, 1.82) is 5.26 Å². The van der Waals surface area contributed by atoms with Crippen molar-refractivity contribution in [3.63, 3.8) is 0 Å². The van der Waals surface area contributed by atoms with Gasteiger partial charge in [0.2, 0.25) is 0 Å². The molecule has 0 aromatic rings. The lowest BCUT2D eigenvalue weighted by atomic mass is 10.3. The first kappa shape index (κ1) is 13.1. The first-order valence-corrected chi connectivity index (χ1v) is 3.12. The van der Waals surface area contributed by atoms with E-state index in [2.05, 4.69) is 19.7 Å². The number of halogens is 1. The third-order valence-corrected chi connectivity index (χ3v) is 0.905. The number of hydrogen-bond donors (Lipinski definition) is 1. The molecule has 0 aromatic heterocycles. The van der Waals surface area contributed by atoms with Gasteiger partial charge in [0.1, 0.15) is 0 Å². The first-order chi connectivity index (χ1) is 5.47. The molecule has 0 heterocycles. The molecule has 0 aliphatic heterocycles. The number of nitrogens with zero attached hydrogens (tertiary/aromatic N) is 1. The Hall–Kier alpha value is -1.53. The molecule has 0 aliphatic rings. The number of hydrogen-bond acceptors (Lipinski definition) is 2. The van der Waals surface area contributed by atoms with Crippen molar-refractivity contribution < 1.29 is 9.90 Å². The van der Waals surface area contributed by atoms with Crippen LogP contribution < -0.4 is 0 Å². The zero-order valence-corrected chi connectivity index (χ0v) is 7.14. The van der Waals surface area contributed by atoms with E-state index in [0.29, 0.717) is 0 Å². The maximum atomic E-state index is 9.90. The molecule has 0 saturated carbocycles. The number of nitriles is 1. The zero-order valence-electron chi connectivity index (χ0n) is 6.38. The third kappa shape index (κ3) is 8.47. The average molecular weight is 186 g/mol. The van der Waals surface area contributed by atoms with Crippen molar-refractivity contribution in [2.45, 2.75) is 0 Å². The Kier molecular flexibility index (Phi) is 8.26. The van der Waals surface area contributed by atoms with Gasteiger partial charge in [-0.05, 0) is 0 Å². The van der Waals surface area contributed by atoms with Gasteiger partial charge >= 0.3 is 5.97 Å². The minimum atomic E-state index is -1.13. The van der Waals surface area contributed by atoms with E-state index in [1.54, 1.807) is 6.07 Å². The van der Waals surface area contributed by atoms with Crippen molar-refractivity contribution >= 4 is 17.6 Å². The van der Waals surface area contributed by atoms with Gasteiger partial charge in [-0.25, -0.2) is 4.79 Å². The Balaban J connectivity index is 0. The fraction of sp³-hybridized carbons (Fsp3) is 0. The van der Waals surface area contributed by atoms with Crippen LogP contribution >= 0.6 is 11.6 Å². The van der Waals surface area contributed by atoms with Gasteiger partial charge in [0.15, 0.2) is 0 Å². The lowest BCUT2D eigenvalue weighted by molar-refractivity contribution is -0.132. The molecule has 64 valence electrons. The number of rotatable bonds is 2. The number of carboxylic acid groups (broad SMARTS) is 1. The molecular formula is C8H8ClNO2. The van der Waals surface area contributed by atoms with E-state index in [1.807, 2.05) is 0 Å². The minimum absolute atomic E-state index is 0.0301. The highest BCUT2D eigenvalue weighted by atomic mass is 35.5. The second kappa shape index (κ2) is 7.58. The highest BCUT2D eigenvalue weighted by molar-refractivity contribution is 6.34. The molecule has 0 atom stereocenters. The van der Waals surface area contributed by atoms with E-state index in [9.17, 15) is 4.79 Å². The van der Waals surface area contributed by atoms with E-state index in [0.717, 1.165) is 0 Å². The van der Waals surface area contributed by atoms with Crippen LogP contribution in [0.2, 0.25) is 0 Å². The number of aliphatic carboxylic acids is 1. The summed E-state index contributed by atoms with van der Waals surface area (Å²) in [5, 5.41) is 15.6. The van der Waals surface area contributed by atoms with Crippen molar-refractivity contribution in [3.05, 3.63) is 36.4 Å². The van der Waals surface area contributed by atoms with Crippen LogP contribution in [0.4, 0.5) is 0 Å². The summed E-state index contributed by atoms with van der Waals surface area (Å²) >= 11 is 5.15. The molecule has 0 fully saturated rings. The van der Waals surface area contributed by atoms with E-state index in [-0.39, 0.29) is 10.6 Å². The molecule has 0 spiro atoms. The predicted molar refractivity (Wildman–Crippen MR) is 47.6 cm³/mol. The Labute approximate surface area is 75.9 Å². The quantitative estimate of drug-likeness (QED) is 0.407. The Morgan fingerprint density at radius 1 is 1.58 bits per heavy atom. The summed E-state index contributed by atoms with van der Waals surface area (Å²) in [6, 6.07) is 1.69. The summed E-state index contributed by atoms with van der Waals surface area (Å²) < 4.78 is 0. The maximum absolute atomic E-state index is 9.90. The second-order valence-corrected chi connectivity index (χ2v) is 1.98. The fourth-order valence-corrected chi connectivity index (χ4v) is 0.197. The Bertz CT molecular complexity index is 234. The number of carbonyl (C=O) groups is 1. The average Bonchev–Trinajstić information content (AvgIpc) is 2.03. The molecule has 0 rings (SSSR count). The summed E-state index contributed by atoms with van der Waals surface area (Å²) in [4.78, 5) is 9.90. The summed E-state index contributed by atoms with van der Waals surface area (Å²) in [7, 11) is 0. The molecule has 0 amide bonds. The molecule has 4 heteroatoms. The molecule has 1 N–H and O–H groups in total. The third-order valence-electron chi connectivity index (χ3n) is 0.677. The van der Waals surface area contributed by atoms with Gasteiger partial charge in [-0.2, -0.15) is 5.26 Å². The Morgan fingerprint density at radius 2 is 1.92 bits per heavy atom. The molecule has 0 unspecified atom stereocenters. The molecular weight excluding hydrogens is 178 g/mol. The normalized spacial score (nSPS) is 6.67. The lowest BCUT2D eigenvalue weighted by Crippen LogP contribution is -1.97. The van der Waals surface area contributed by atoms with Gasteiger partial charge in [0.05, 0.1) is 11.6 Å². The first-order valence-electron chi connectivity index (χ1n) is 2.74. The molecule has 0 aromatic carbocycles. The van der Waals surface area contributed by atoms with Crippen molar-refractivity contribution in [3.8, 4) is 6.07 Å². The molecule has 12 heavy (non-hydrogen) atoms. The van der Waals surface area contributed by atoms with Crippen molar-refractivity contribution in [2.24, 2.45) is 0 Å². The van der Waals surface area contributed by atoms with E-state index < -0.39 is 5.97 Å². The van der Waals surface area contributed by atoms with Gasteiger partial charge in [-0.1, -0.05) is 31.3 Å². The number of allylic oxidation sites excluding steroid dienone is 1.